The molecule has 0 unspecified atom stereocenters. The number of para-hydroxylation sites is 1. The van der Waals surface area contributed by atoms with E-state index in [4.69, 9.17) is 4.74 Å². The van der Waals surface area contributed by atoms with Crippen LogP contribution in [-0.2, 0) is 6.54 Å². The quantitative estimate of drug-likeness (QED) is 0.805. The molecule has 0 atom stereocenters. The highest BCUT2D eigenvalue weighted by Crippen LogP contribution is 2.22. The number of amides is 1. The number of benzene rings is 2. The fourth-order valence-corrected chi connectivity index (χ4v) is 2.63. The third kappa shape index (κ3) is 2.90. The van der Waals surface area contributed by atoms with Gasteiger partial charge in [-0.3, -0.25) is 9.89 Å². The molecule has 1 aromatic heterocycles. The van der Waals surface area contributed by atoms with Gasteiger partial charge < -0.3 is 9.64 Å². The first-order chi connectivity index (χ1) is 11.1. The molecule has 0 bridgehead atoms. The van der Waals surface area contributed by atoms with Crippen LogP contribution in [0.3, 0.4) is 0 Å². The van der Waals surface area contributed by atoms with Crippen molar-refractivity contribution >= 4 is 16.8 Å². The van der Waals surface area contributed by atoms with Crippen LogP contribution in [-0.4, -0.2) is 35.2 Å². The Hall–Kier alpha value is -2.82. The van der Waals surface area contributed by atoms with Crippen molar-refractivity contribution in [1.82, 2.24) is 15.1 Å². The Morgan fingerprint density at radius 3 is 2.83 bits per heavy atom. The van der Waals surface area contributed by atoms with E-state index in [0.29, 0.717) is 12.2 Å². The van der Waals surface area contributed by atoms with E-state index < -0.39 is 0 Å². The molecule has 0 aliphatic rings. The van der Waals surface area contributed by atoms with Gasteiger partial charge in [-0.2, -0.15) is 5.10 Å². The Balaban J connectivity index is 1.88. The van der Waals surface area contributed by atoms with Crippen LogP contribution in [0.5, 0.6) is 5.75 Å². The molecule has 118 valence electrons. The number of nitrogens with zero attached hydrogens (tertiary/aromatic N) is 2. The summed E-state index contributed by atoms with van der Waals surface area (Å²) < 4.78 is 5.34. The first-order valence-corrected chi connectivity index (χ1v) is 7.42. The number of fused-ring (bicyclic) bond motifs is 1. The summed E-state index contributed by atoms with van der Waals surface area (Å²) in [6.45, 7) is 2.46. The van der Waals surface area contributed by atoms with Crippen LogP contribution in [0.15, 0.2) is 42.5 Å². The maximum atomic E-state index is 12.7. The van der Waals surface area contributed by atoms with E-state index in [1.807, 2.05) is 49.4 Å². The van der Waals surface area contributed by atoms with Crippen LogP contribution >= 0.6 is 0 Å². The maximum Gasteiger partial charge on any atom is 0.275 e. The predicted molar refractivity (Wildman–Crippen MR) is 89.6 cm³/mol. The standard InChI is InChI=1S/C18H19N3O2/c1-12-8-9-15-14(10-12)17(20-19-15)18(22)21(2)11-13-6-4-5-7-16(13)23-3/h4-10H,11H2,1-3H3,(H,19,20). The van der Waals surface area contributed by atoms with E-state index >= 15 is 0 Å². The maximum absolute atomic E-state index is 12.7. The zero-order valence-corrected chi connectivity index (χ0v) is 13.5. The second-order valence-electron chi connectivity index (χ2n) is 5.59. The van der Waals surface area contributed by atoms with E-state index in [2.05, 4.69) is 10.2 Å². The second kappa shape index (κ2) is 6.12. The molecule has 1 N–H and O–H groups in total. The summed E-state index contributed by atoms with van der Waals surface area (Å²) in [5.41, 5.74) is 3.37. The smallest absolute Gasteiger partial charge is 0.275 e. The van der Waals surface area contributed by atoms with Gasteiger partial charge in [0.1, 0.15) is 5.75 Å². The van der Waals surface area contributed by atoms with Gasteiger partial charge in [0.15, 0.2) is 5.69 Å². The lowest BCUT2D eigenvalue weighted by atomic mass is 10.1. The lowest BCUT2D eigenvalue weighted by molar-refractivity contribution is 0.0780. The highest BCUT2D eigenvalue weighted by molar-refractivity contribution is 6.04. The van der Waals surface area contributed by atoms with Crippen molar-refractivity contribution in [3.63, 3.8) is 0 Å². The molecule has 5 heteroatoms. The Bertz CT molecular complexity index is 854. The second-order valence-corrected chi connectivity index (χ2v) is 5.59. The number of ether oxygens (including phenoxy) is 1. The zero-order chi connectivity index (χ0) is 16.4. The third-order valence-corrected chi connectivity index (χ3v) is 3.87. The van der Waals surface area contributed by atoms with Gasteiger partial charge >= 0.3 is 0 Å². The van der Waals surface area contributed by atoms with Crippen molar-refractivity contribution in [2.24, 2.45) is 0 Å². The number of aryl methyl sites for hydroxylation is 1. The minimum atomic E-state index is -0.118. The Morgan fingerprint density at radius 1 is 1.26 bits per heavy atom. The molecule has 3 aromatic rings. The van der Waals surface area contributed by atoms with Gasteiger partial charge in [-0.1, -0.05) is 29.8 Å². The van der Waals surface area contributed by atoms with Gasteiger partial charge in [0, 0.05) is 24.5 Å². The van der Waals surface area contributed by atoms with Gasteiger partial charge in [-0.15, -0.1) is 0 Å². The number of rotatable bonds is 4. The van der Waals surface area contributed by atoms with Crippen molar-refractivity contribution in [2.45, 2.75) is 13.5 Å². The van der Waals surface area contributed by atoms with Gasteiger partial charge in [0.2, 0.25) is 0 Å². The molecule has 3 rings (SSSR count). The van der Waals surface area contributed by atoms with E-state index in [9.17, 15) is 4.79 Å². The molecule has 0 spiro atoms. The zero-order valence-electron chi connectivity index (χ0n) is 13.5. The molecule has 0 aliphatic carbocycles. The van der Waals surface area contributed by atoms with Crippen LogP contribution in [0.1, 0.15) is 21.6 Å². The Kier molecular flexibility index (Phi) is 4.02. The molecule has 0 saturated carbocycles. The van der Waals surface area contributed by atoms with Crippen LogP contribution < -0.4 is 4.74 Å². The Labute approximate surface area is 134 Å². The van der Waals surface area contributed by atoms with Gasteiger partial charge in [0.25, 0.3) is 5.91 Å². The molecule has 1 amide bonds. The highest BCUT2D eigenvalue weighted by atomic mass is 16.5. The monoisotopic (exact) mass is 309 g/mol. The summed E-state index contributed by atoms with van der Waals surface area (Å²) in [4.78, 5) is 14.4. The number of carbonyl (C=O) groups excluding carboxylic acids is 1. The van der Waals surface area contributed by atoms with Crippen LogP contribution in [0.2, 0.25) is 0 Å². The number of nitrogens with one attached hydrogen (secondary N) is 1. The molecule has 0 aliphatic heterocycles. The molecule has 0 saturated heterocycles. The van der Waals surface area contributed by atoms with Crippen LogP contribution in [0.4, 0.5) is 0 Å². The molecular weight excluding hydrogens is 290 g/mol. The van der Waals surface area contributed by atoms with E-state index in [1.54, 1.807) is 19.1 Å². The molecule has 1 heterocycles. The van der Waals surface area contributed by atoms with Crippen molar-refractivity contribution in [2.75, 3.05) is 14.2 Å². The average Bonchev–Trinajstić information content (AvgIpc) is 2.97. The highest BCUT2D eigenvalue weighted by Gasteiger charge is 2.19. The van der Waals surface area contributed by atoms with Crippen LogP contribution in [0.25, 0.3) is 10.9 Å². The molecule has 23 heavy (non-hydrogen) atoms. The molecule has 0 fully saturated rings. The number of aromatic amines is 1. The number of hydrogen-bond acceptors (Lipinski definition) is 3. The summed E-state index contributed by atoms with van der Waals surface area (Å²) in [5, 5.41) is 7.96. The average molecular weight is 309 g/mol. The van der Waals surface area contributed by atoms with E-state index in [-0.39, 0.29) is 5.91 Å². The van der Waals surface area contributed by atoms with Gasteiger partial charge in [-0.25, -0.2) is 0 Å². The number of H-pyrrole nitrogens is 1. The molecule has 5 nitrogen and oxygen atoms in total. The summed E-state index contributed by atoms with van der Waals surface area (Å²) in [5.74, 6) is 0.655. The summed E-state index contributed by atoms with van der Waals surface area (Å²) in [6, 6.07) is 13.6. The Morgan fingerprint density at radius 2 is 2.04 bits per heavy atom. The minimum absolute atomic E-state index is 0.118. The predicted octanol–water partition coefficient (Wildman–Crippen LogP) is 3.15. The lowest BCUT2D eigenvalue weighted by Gasteiger charge is -2.18. The minimum Gasteiger partial charge on any atom is -0.496 e. The molecular formula is C18H19N3O2. The first-order valence-electron chi connectivity index (χ1n) is 7.42. The summed E-state index contributed by atoms with van der Waals surface area (Å²) >= 11 is 0. The number of aromatic nitrogens is 2. The normalized spacial score (nSPS) is 10.7. The topological polar surface area (TPSA) is 58.2 Å². The SMILES string of the molecule is COc1ccccc1CN(C)C(=O)c1n[nH]c2ccc(C)cc12. The summed E-state index contributed by atoms with van der Waals surface area (Å²) in [6.07, 6.45) is 0. The largest absolute Gasteiger partial charge is 0.496 e. The van der Waals surface area contributed by atoms with E-state index in [0.717, 1.165) is 27.8 Å². The molecule has 0 radical (unpaired) electrons. The first kappa shape index (κ1) is 15.1. The van der Waals surface area contributed by atoms with Crippen molar-refractivity contribution in [3.05, 3.63) is 59.3 Å². The number of methoxy groups -OCH3 is 1. The summed E-state index contributed by atoms with van der Waals surface area (Å²) in [7, 11) is 3.40. The van der Waals surface area contributed by atoms with Crippen molar-refractivity contribution in [1.29, 1.82) is 0 Å². The van der Waals surface area contributed by atoms with Crippen molar-refractivity contribution < 1.29 is 9.53 Å². The van der Waals surface area contributed by atoms with Crippen molar-refractivity contribution in [3.8, 4) is 5.75 Å². The molecule has 2 aromatic carbocycles. The fraction of sp³-hybridized carbons (Fsp3) is 0.222. The lowest BCUT2D eigenvalue weighted by Crippen LogP contribution is -2.26. The van der Waals surface area contributed by atoms with Gasteiger partial charge in [-0.05, 0) is 25.1 Å². The van der Waals surface area contributed by atoms with Crippen LogP contribution in [0, 0.1) is 6.92 Å². The number of carbonyl (C=O) groups is 1. The fourth-order valence-electron chi connectivity index (χ4n) is 2.63. The van der Waals surface area contributed by atoms with E-state index in [1.165, 1.54) is 0 Å². The third-order valence-electron chi connectivity index (χ3n) is 3.87. The number of hydrogen-bond donors (Lipinski definition) is 1. The van der Waals surface area contributed by atoms with Gasteiger partial charge in [0.05, 0.1) is 12.6 Å².